The average Bonchev–Trinajstić information content (AvgIpc) is 2.29. The van der Waals surface area contributed by atoms with Crippen molar-refractivity contribution in [2.75, 3.05) is 26.7 Å². The molecule has 0 heterocycles. The van der Waals surface area contributed by atoms with Gasteiger partial charge in [0.05, 0.1) is 0 Å². The van der Waals surface area contributed by atoms with Gasteiger partial charge in [0.25, 0.3) is 0 Å². The molecule has 2 nitrogen and oxygen atoms in total. The molecule has 1 rings (SSSR count). The predicted molar refractivity (Wildman–Crippen MR) is 70.9 cm³/mol. The fourth-order valence-electron chi connectivity index (χ4n) is 1.75. The molecule has 0 amide bonds. The lowest BCUT2D eigenvalue weighted by molar-refractivity contribution is 0.268. The maximum atomic E-state index is 12.9. The summed E-state index contributed by atoms with van der Waals surface area (Å²) >= 11 is 6.03. The molecule has 17 heavy (non-hydrogen) atoms. The van der Waals surface area contributed by atoms with Crippen molar-refractivity contribution in [2.24, 2.45) is 0 Å². The Kier molecular flexibility index (Phi) is 6.48. The van der Waals surface area contributed by atoms with Gasteiger partial charge in [0.2, 0.25) is 0 Å². The Bertz CT molecular complexity index is 344. The van der Waals surface area contributed by atoms with Gasteiger partial charge in [-0.05, 0) is 37.7 Å². The summed E-state index contributed by atoms with van der Waals surface area (Å²) in [6, 6.07) is 4.60. The average molecular weight is 259 g/mol. The second kappa shape index (κ2) is 7.64. The Labute approximate surface area is 108 Å². The molecule has 0 aliphatic carbocycles. The van der Waals surface area contributed by atoms with E-state index in [9.17, 15) is 4.39 Å². The number of nitrogens with zero attached hydrogens (tertiary/aromatic N) is 1. The van der Waals surface area contributed by atoms with Crippen LogP contribution in [0.15, 0.2) is 18.2 Å². The third kappa shape index (κ3) is 5.02. The smallest absolute Gasteiger partial charge is 0.124 e. The van der Waals surface area contributed by atoms with Crippen molar-refractivity contribution in [3.8, 4) is 0 Å². The lowest BCUT2D eigenvalue weighted by atomic mass is 10.2. The van der Waals surface area contributed by atoms with E-state index in [4.69, 9.17) is 11.6 Å². The number of hydrogen-bond acceptors (Lipinski definition) is 2. The van der Waals surface area contributed by atoms with Crippen LogP contribution in [-0.2, 0) is 6.54 Å². The van der Waals surface area contributed by atoms with Crippen LogP contribution in [-0.4, -0.2) is 31.6 Å². The molecule has 0 fully saturated rings. The molecule has 1 aromatic carbocycles. The van der Waals surface area contributed by atoms with E-state index in [1.165, 1.54) is 12.1 Å². The number of likely N-dealkylation sites (N-methyl/N-ethyl adjacent to an activating group) is 1. The molecule has 1 aromatic rings. The first-order valence-electron chi connectivity index (χ1n) is 5.98. The Morgan fingerprint density at radius 1 is 1.35 bits per heavy atom. The van der Waals surface area contributed by atoms with Crippen LogP contribution in [0.3, 0.4) is 0 Å². The van der Waals surface area contributed by atoms with Crippen molar-refractivity contribution in [3.05, 3.63) is 34.6 Å². The van der Waals surface area contributed by atoms with Crippen LogP contribution in [0, 0.1) is 5.82 Å². The van der Waals surface area contributed by atoms with Crippen LogP contribution < -0.4 is 5.32 Å². The van der Waals surface area contributed by atoms with Gasteiger partial charge in [-0.2, -0.15) is 0 Å². The van der Waals surface area contributed by atoms with Crippen LogP contribution in [0.25, 0.3) is 0 Å². The van der Waals surface area contributed by atoms with Gasteiger partial charge in [-0.3, -0.25) is 4.90 Å². The Hall–Kier alpha value is -0.640. The molecular formula is C13H20ClFN2. The van der Waals surface area contributed by atoms with Gasteiger partial charge in [-0.25, -0.2) is 4.39 Å². The summed E-state index contributed by atoms with van der Waals surface area (Å²) in [6.07, 6.45) is 1.10. The van der Waals surface area contributed by atoms with E-state index in [1.54, 1.807) is 6.07 Å². The number of hydrogen-bond donors (Lipinski definition) is 1. The number of halogens is 2. The molecule has 0 aliphatic rings. The fourth-order valence-corrected chi connectivity index (χ4v) is 1.97. The fraction of sp³-hybridized carbons (Fsp3) is 0.538. The zero-order valence-electron chi connectivity index (χ0n) is 10.5. The summed E-state index contributed by atoms with van der Waals surface area (Å²) in [5, 5.41) is 3.64. The van der Waals surface area contributed by atoms with Crippen molar-refractivity contribution in [3.63, 3.8) is 0 Å². The highest BCUT2D eigenvalue weighted by Crippen LogP contribution is 2.19. The summed E-state index contributed by atoms with van der Waals surface area (Å²) in [5.74, 6) is -0.281. The number of rotatable bonds is 7. The summed E-state index contributed by atoms with van der Waals surface area (Å²) in [6.45, 7) is 5.86. The quantitative estimate of drug-likeness (QED) is 0.809. The lowest BCUT2D eigenvalue weighted by Crippen LogP contribution is -2.31. The number of benzene rings is 1. The zero-order chi connectivity index (χ0) is 12.7. The van der Waals surface area contributed by atoms with Gasteiger partial charge in [0, 0.05) is 24.7 Å². The van der Waals surface area contributed by atoms with E-state index >= 15 is 0 Å². The van der Waals surface area contributed by atoms with Gasteiger partial charge < -0.3 is 5.32 Å². The highest BCUT2D eigenvalue weighted by Gasteiger charge is 2.08. The molecule has 0 aliphatic heterocycles. The highest BCUT2D eigenvalue weighted by atomic mass is 35.5. The van der Waals surface area contributed by atoms with Crippen molar-refractivity contribution in [2.45, 2.75) is 19.9 Å². The van der Waals surface area contributed by atoms with E-state index in [1.807, 2.05) is 7.05 Å². The van der Waals surface area contributed by atoms with E-state index < -0.39 is 0 Å². The van der Waals surface area contributed by atoms with Gasteiger partial charge in [-0.15, -0.1) is 0 Å². The zero-order valence-corrected chi connectivity index (χ0v) is 11.2. The highest BCUT2D eigenvalue weighted by molar-refractivity contribution is 6.31. The van der Waals surface area contributed by atoms with Gasteiger partial charge in [0.15, 0.2) is 0 Å². The Morgan fingerprint density at radius 3 is 2.71 bits per heavy atom. The van der Waals surface area contributed by atoms with Crippen LogP contribution in [0.1, 0.15) is 18.9 Å². The standard InChI is InChI=1S/C13H20ClFN2/c1-3-7-17(8-6-16-2)10-11-4-5-12(15)9-13(11)14/h4-5,9,16H,3,6-8,10H2,1-2H3. The van der Waals surface area contributed by atoms with Crippen LogP contribution in [0.4, 0.5) is 4.39 Å². The summed E-state index contributed by atoms with van der Waals surface area (Å²) < 4.78 is 12.9. The van der Waals surface area contributed by atoms with Crippen molar-refractivity contribution in [1.82, 2.24) is 10.2 Å². The molecule has 4 heteroatoms. The summed E-state index contributed by atoms with van der Waals surface area (Å²) in [5.41, 5.74) is 0.984. The second-order valence-corrected chi connectivity index (χ2v) is 4.52. The topological polar surface area (TPSA) is 15.3 Å². The second-order valence-electron chi connectivity index (χ2n) is 4.12. The Morgan fingerprint density at radius 2 is 2.12 bits per heavy atom. The Balaban J connectivity index is 2.64. The van der Waals surface area contributed by atoms with Crippen molar-refractivity contribution >= 4 is 11.6 Å². The van der Waals surface area contributed by atoms with Crippen LogP contribution >= 0.6 is 11.6 Å². The molecule has 0 aromatic heterocycles. The third-order valence-corrected chi connectivity index (χ3v) is 2.98. The molecule has 0 saturated carbocycles. The van der Waals surface area contributed by atoms with E-state index in [2.05, 4.69) is 17.1 Å². The van der Waals surface area contributed by atoms with Gasteiger partial charge in [0.1, 0.15) is 5.82 Å². The molecule has 0 bridgehead atoms. The van der Waals surface area contributed by atoms with Gasteiger partial charge >= 0.3 is 0 Å². The molecule has 0 radical (unpaired) electrons. The minimum Gasteiger partial charge on any atom is -0.318 e. The van der Waals surface area contributed by atoms with E-state index in [0.29, 0.717) is 5.02 Å². The largest absolute Gasteiger partial charge is 0.318 e. The maximum Gasteiger partial charge on any atom is 0.124 e. The van der Waals surface area contributed by atoms with Crippen molar-refractivity contribution < 1.29 is 4.39 Å². The molecule has 0 atom stereocenters. The van der Waals surface area contributed by atoms with Gasteiger partial charge in [-0.1, -0.05) is 24.6 Å². The maximum absolute atomic E-state index is 12.9. The molecule has 96 valence electrons. The molecule has 0 spiro atoms. The van der Waals surface area contributed by atoms with Crippen LogP contribution in [0.5, 0.6) is 0 Å². The summed E-state index contributed by atoms with van der Waals surface area (Å²) in [7, 11) is 1.94. The minimum atomic E-state index is -0.281. The predicted octanol–water partition coefficient (Wildman–Crippen LogP) is 2.91. The number of nitrogens with one attached hydrogen (secondary N) is 1. The third-order valence-electron chi connectivity index (χ3n) is 2.63. The minimum absolute atomic E-state index is 0.281. The first kappa shape index (κ1) is 14.4. The normalized spacial score (nSPS) is 11.1. The first-order chi connectivity index (χ1) is 8.17. The van der Waals surface area contributed by atoms with Crippen molar-refractivity contribution in [1.29, 1.82) is 0 Å². The molecule has 0 saturated heterocycles. The first-order valence-corrected chi connectivity index (χ1v) is 6.36. The summed E-state index contributed by atoms with van der Waals surface area (Å²) in [4.78, 5) is 2.32. The molecule has 0 unspecified atom stereocenters. The lowest BCUT2D eigenvalue weighted by Gasteiger charge is -2.22. The molecular weight excluding hydrogens is 239 g/mol. The van der Waals surface area contributed by atoms with E-state index in [-0.39, 0.29) is 5.82 Å². The SMILES string of the molecule is CCCN(CCNC)Cc1ccc(F)cc1Cl. The van der Waals surface area contributed by atoms with E-state index in [0.717, 1.165) is 38.2 Å². The van der Waals surface area contributed by atoms with Crippen LogP contribution in [0.2, 0.25) is 5.02 Å². The monoisotopic (exact) mass is 258 g/mol. The molecule has 1 N–H and O–H groups in total.